The minimum Gasteiger partial charge on any atom is -0.389 e. The van der Waals surface area contributed by atoms with E-state index in [1.54, 1.807) is 12.4 Å². The van der Waals surface area contributed by atoms with Crippen molar-refractivity contribution in [3.63, 3.8) is 0 Å². The van der Waals surface area contributed by atoms with Crippen LogP contribution in [-0.2, 0) is 5.60 Å². The van der Waals surface area contributed by atoms with Gasteiger partial charge in [-0.05, 0) is 86.3 Å². The first-order valence-electron chi connectivity index (χ1n) is 11.0. The van der Waals surface area contributed by atoms with E-state index < -0.39 is 16.6 Å². The average molecular weight is 384 g/mol. The fourth-order valence-corrected chi connectivity index (χ4v) is 7.79. The lowest BCUT2D eigenvalue weighted by Gasteiger charge is -2.62. The molecule has 0 spiro atoms. The molecule has 3 N–H and O–H groups in total. The summed E-state index contributed by atoms with van der Waals surface area (Å²) in [4.78, 5) is 4.12. The minimum absolute atomic E-state index is 0.0799. The zero-order valence-electron chi connectivity index (χ0n) is 17.1. The van der Waals surface area contributed by atoms with Gasteiger partial charge in [-0.3, -0.25) is 4.98 Å². The highest BCUT2D eigenvalue weighted by molar-refractivity contribution is 5.33. The molecule has 28 heavy (non-hydrogen) atoms. The van der Waals surface area contributed by atoms with Gasteiger partial charge in [0.15, 0.2) is 0 Å². The third kappa shape index (κ3) is 2.15. The summed E-state index contributed by atoms with van der Waals surface area (Å²) in [5.41, 5.74) is -0.0244. The molecule has 0 aromatic carbocycles. The first kappa shape index (κ1) is 18.8. The zero-order chi connectivity index (χ0) is 19.8. The molecule has 0 radical (unpaired) electrons. The van der Waals surface area contributed by atoms with Gasteiger partial charge in [0.25, 0.3) is 0 Å². The third-order valence-electron chi connectivity index (χ3n) is 9.58. The van der Waals surface area contributed by atoms with E-state index in [0.29, 0.717) is 18.8 Å². The van der Waals surface area contributed by atoms with Gasteiger partial charge in [0.2, 0.25) is 0 Å². The topological polar surface area (TPSA) is 73.6 Å². The number of aliphatic hydroxyl groups is 3. The van der Waals surface area contributed by atoms with E-state index in [1.165, 1.54) is 5.57 Å². The Labute approximate surface area is 167 Å². The van der Waals surface area contributed by atoms with Gasteiger partial charge in [0, 0.05) is 17.8 Å². The molecule has 0 unspecified atom stereocenters. The second-order valence-corrected chi connectivity index (χ2v) is 10.4. The largest absolute Gasteiger partial charge is 0.389 e. The molecule has 152 valence electrons. The van der Waals surface area contributed by atoms with E-state index in [-0.39, 0.29) is 17.4 Å². The molecule has 0 saturated heterocycles. The van der Waals surface area contributed by atoms with Gasteiger partial charge in [0.05, 0.1) is 17.3 Å². The fourth-order valence-electron chi connectivity index (χ4n) is 7.79. The molecule has 3 fully saturated rings. The van der Waals surface area contributed by atoms with Crippen LogP contribution in [0.15, 0.2) is 36.2 Å². The number of allylic oxidation sites excluding steroid dienone is 1. The van der Waals surface area contributed by atoms with Crippen molar-refractivity contribution in [1.82, 2.24) is 4.98 Å². The standard InChI is InChI=1S/C24H33NO3/c1-21-9-5-18(26)15-17(21)3-4-20-19(21)6-10-22(2)23(27,11-12-24(20,22)28)16-7-13-25-14-8-16/h7-8,13-15,18-20,26-28H,3-6,9-12H2,1-2H3/t18-,19-,20+,21-,22+,23-,24-/m0/s1. The van der Waals surface area contributed by atoms with E-state index >= 15 is 0 Å². The SMILES string of the molecule is C[C@]12CC[C@H]3[C@@H](CCC4=C[C@@H](O)CC[C@@]43C)[C@@]1(O)CC[C@]2(O)c1ccncc1. The summed E-state index contributed by atoms with van der Waals surface area (Å²) in [6.45, 7) is 4.48. The summed E-state index contributed by atoms with van der Waals surface area (Å²) in [5, 5.41) is 34.2. The highest BCUT2D eigenvalue weighted by atomic mass is 16.3. The molecule has 1 aromatic heterocycles. The lowest BCUT2D eigenvalue weighted by atomic mass is 9.44. The number of rotatable bonds is 1. The molecular weight excluding hydrogens is 350 g/mol. The van der Waals surface area contributed by atoms with Crippen LogP contribution in [0.1, 0.15) is 70.8 Å². The van der Waals surface area contributed by atoms with Gasteiger partial charge in [-0.2, -0.15) is 0 Å². The maximum Gasteiger partial charge on any atom is 0.0979 e. The maximum atomic E-state index is 12.2. The van der Waals surface area contributed by atoms with Gasteiger partial charge in [0.1, 0.15) is 0 Å². The predicted molar refractivity (Wildman–Crippen MR) is 107 cm³/mol. The van der Waals surface area contributed by atoms with Crippen LogP contribution in [0.5, 0.6) is 0 Å². The van der Waals surface area contributed by atoms with Gasteiger partial charge in [-0.25, -0.2) is 0 Å². The molecule has 0 bridgehead atoms. The van der Waals surface area contributed by atoms with Gasteiger partial charge in [-0.1, -0.05) is 25.5 Å². The molecule has 4 aliphatic carbocycles. The van der Waals surface area contributed by atoms with Crippen molar-refractivity contribution in [2.75, 3.05) is 0 Å². The number of hydrogen-bond donors (Lipinski definition) is 3. The van der Waals surface area contributed by atoms with Crippen LogP contribution in [0.25, 0.3) is 0 Å². The number of hydrogen-bond acceptors (Lipinski definition) is 4. The number of aromatic nitrogens is 1. The Balaban J connectivity index is 1.55. The zero-order valence-corrected chi connectivity index (χ0v) is 17.1. The summed E-state index contributed by atoms with van der Waals surface area (Å²) in [6, 6.07) is 3.82. The quantitative estimate of drug-likeness (QED) is 0.647. The fraction of sp³-hybridized carbons (Fsp3) is 0.708. The van der Waals surface area contributed by atoms with E-state index in [0.717, 1.165) is 44.1 Å². The molecule has 5 rings (SSSR count). The second kappa shape index (κ2) is 5.90. The molecule has 1 aromatic rings. The Morgan fingerprint density at radius 1 is 0.929 bits per heavy atom. The number of pyridine rings is 1. The van der Waals surface area contributed by atoms with Crippen LogP contribution >= 0.6 is 0 Å². The van der Waals surface area contributed by atoms with Gasteiger partial charge < -0.3 is 15.3 Å². The molecule has 1 heterocycles. The monoisotopic (exact) mass is 383 g/mol. The molecule has 3 saturated carbocycles. The molecule has 4 nitrogen and oxygen atoms in total. The highest BCUT2D eigenvalue weighted by Gasteiger charge is 2.71. The molecule has 0 aliphatic heterocycles. The maximum absolute atomic E-state index is 12.2. The van der Waals surface area contributed by atoms with E-state index in [9.17, 15) is 15.3 Å². The molecule has 4 heteroatoms. The van der Waals surface area contributed by atoms with Crippen molar-refractivity contribution in [2.45, 2.75) is 82.5 Å². The van der Waals surface area contributed by atoms with Crippen molar-refractivity contribution >= 4 is 0 Å². The molecule has 7 atom stereocenters. The van der Waals surface area contributed by atoms with Crippen molar-refractivity contribution < 1.29 is 15.3 Å². The smallest absolute Gasteiger partial charge is 0.0979 e. The summed E-state index contributed by atoms with van der Waals surface area (Å²) >= 11 is 0. The van der Waals surface area contributed by atoms with Crippen molar-refractivity contribution in [1.29, 1.82) is 0 Å². The Hall–Kier alpha value is -1.23. The first-order valence-corrected chi connectivity index (χ1v) is 11.0. The number of fused-ring (bicyclic) bond motifs is 5. The molecular formula is C24H33NO3. The van der Waals surface area contributed by atoms with Crippen LogP contribution in [-0.4, -0.2) is 32.0 Å². The van der Waals surface area contributed by atoms with Crippen LogP contribution in [0.2, 0.25) is 0 Å². The van der Waals surface area contributed by atoms with Crippen LogP contribution in [0, 0.1) is 22.7 Å². The Bertz CT molecular complexity index is 809. The van der Waals surface area contributed by atoms with Crippen molar-refractivity contribution in [3.8, 4) is 0 Å². The van der Waals surface area contributed by atoms with E-state index in [2.05, 4.69) is 24.9 Å². The van der Waals surface area contributed by atoms with Crippen LogP contribution < -0.4 is 0 Å². The van der Waals surface area contributed by atoms with Gasteiger partial charge in [-0.15, -0.1) is 0 Å². The summed E-state index contributed by atoms with van der Waals surface area (Å²) in [7, 11) is 0. The van der Waals surface area contributed by atoms with Gasteiger partial charge >= 0.3 is 0 Å². The van der Waals surface area contributed by atoms with Crippen LogP contribution in [0.3, 0.4) is 0 Å². The summed E-state index contributed by atoms with van der Waals surface area (Å²) in [5.74, 6) is 0.636. The Kier molecular flexibility index (Phi) is 3.96. The Morgan fingerprint density at radius 3 is 2.43 bits per heavy atom. The minimum atomic E-state index is -1.00. The third-order valence-corrected chi connectivity index (χ3v) is 9.58. The summed E-state index contributed by atoms with van der Waals surface area (Å²) < 4.78 is 0. The predicted octanol–water partition coefficient (Wildman–Crippen LogP) is 3.71. The van der Waals surface area contributed by atoms with Crippen molar-refractivity contribution in [2.24, 2.45) is 22.7 Å². The van der Waals surface area contributed by atoms with E-state index in [4.69, 9.17) is 0 Å². The summed E-state index contributed by atoms with van der Waals surface area (Å²) in [6.07, 6.45) is 12.1. The van der Waals surface area contributed by atoms with E-state index in [1.807, 2.05) is 12.1 Å². The lowest BCUT2D eigenvalue weighted by Crippen LogP contribution is -2.63. The van der Waals surface area contributed by atoms with Crippen LogP contribution in [0.4, 0.5) is 0 Å². The lowest BCUT2D eigenvalue weighted by molar-refractivity contribution is -0.221. The number of aliphatic hydroxyl groups excluding tert-OH is 1. The second-order valence-electron chi connectivity index (χ2n) is 10.4. The highest BCUT2D eigenvalue weighted by Crippen LogP contribution is 2.71. The molecule has 4 aliphatic rings. The number of nitrogens with zero attached hydrogens (tertiary/aromatic N) is 1. The molecule has 0 amide bonds. The normalized spacial score (nSPS) is 50.3. The first-order chi connectivity index (χ1) is 13.2. The average Bonchev–Trinajstić information content (AvgIpc) is 2.91. The Morgan fingerprint density at radius 2 is 1.68 bits per heavy atom. The van der Waals surface area contributed by atoms with Crippen molar-refractivity contribution in [3.05, 3.63) is 41.7 Å².